The van der Waals surface area contributed by atoms with E-state index in [9.17, 15) is 0 Å². The minimum Gasteiger partial charge on any atom is -0.367 e. The van der Waals surface area contributed by atoms with Crippen LogP contribution in [-0.4, -0.2) is 12.4 Å². The van der Waals surface area contributed by atoms with E-state index in [0.717, 1.165) is 12.4 Å². The minimum atomic E-state index is 0.965. The summed E-state index contributed by atoms with van der Waals surface area (Å²) in [5.41, 5.74) is 0. The number of thioether (sulfide) groups is 1. The first-order valence-corrected chi connectivity index (χ1v) is 3.97. The van der Waals surface area contributed by atoms with Gasteiger partial charge < -0.3 is 10.6 Å². The molecule has 0 aliphatic carbocycles. The molecule has 0 spiro atoms. The van der Waals surface area contributed by atoms with Crippen LogP contribution in [0.1, 0.15) is 0 Å². The van der Waals surface area contributed by atoms with Crippen LogP contribution in [-0.2, 0) is 0 Å². The second kappa shape index (κ2) is 1.99. The summed E-state index contributed by atoms with van der Waals surface area (Å²) in [4.78, 5) is 1.35. The summed E-state index contributed by atoms with van der Waals surface area (Å²) >= 11 is 1.85. The zero-order chi connectivity index (χ0) is 6.10. The minimum absolute atomic E-state index is 0.965. The van der Waals surface area contributed by atoms with Crippen molar-refractivity contribution in [3.8, 4) is 0 Å². The first-order chi connectivity index (χ1) is 4.47. The lowest BCUT2D eigenvalue weighted by Gasteiger charge is -2.09. The monoisotopic (exact) mass is 140 g/mol. The van der Waals surface area contributed by atoms with Gasteiger partial charge in [-0.3, -0.25) is 0 Å². The highest BCUT2D eigenvalue weighted by molar-refractivity contribution is 8.03. The first kappa shape index (κ1) is 5.23. The van der Waals surface area contributed by atoms with Gasteiger partial charge in [-0.15, -0.1) is 11.8 Å². The Bertz CT molecular complexity index is 183. The van der Waals surface area contributed by atoms with E-state index < -0.39 is 0 Å². The molecule has 0 atom stereocenters. The van der Waals surface area contributed by atoms with Crippen molar-refractivity contribution in [2.24, 2.45) is 0 Å². The smallest absolute Gasteiger partial charge is 0.114 e. The molecule has 0 fully saturated rings. The van der Waals surface area contributed by atoms with Crippen LogP contribution >= 0.6 is 11.8 Å². The number of hydrogen-bond acceptors (Lipinski definition) is 3. The Morgan fingerprint density at radius 2 is 2.44 bits per heavy atom. The summed E-state index contributed by atoms with van der Waals surface area (Å²) in [5.74, 6) is 2.23. The van der Waals surface area contributed by atoms with Gasteiger partial charge in [-0.05, 0) is 6.08 Å². The molecule has 0 aromatic rings. The first-order valence-electron chi connectivity index (χ1n) is 2.98. The van der Waals surface area contributed by atoms with Crippen LogP contribution in [0.25, 0.3) is 0 Å². The lowest BCUT2D eigenvalue weighted by molar-refractivity contribution is 0.783. The molecule has 2 rings (SSSR count). The van der Waals surface area contributed by atoms with Crippen LogP contribution in [0.15, 0.2) is 22.9 Å². The van der Waals surface area contributed by atoms with E-state index in [2.05, 4.69) is 22.8 Å². The molecule has 2 heterocycles. The Morgan fingerprint density at radius 3 is 3.33 bits per heavy atom. The molecule has 2 aliphatic rings. The normalized spacial score (nSPS) is 23.1. The van der Waals surface area contributed by atoms with Gasteiger partial charge in [-0.2, -0.15) is 0 Å². The van der Waals surface area contributed by atoms with Crippen molar-refractivity contribution in [2.75, 3.05) is 12.4 Å². The highest BCUT2D eigenvalue weighted by Gasteiger charge is 2.12. The third-order valence-electron chi connectivity index (χ3n) is 1.39. The van der Waals surface area contributed by atoms with E-state index in [1.165, 1.54) is 10.7 Å². The van der Waals surface area contributed by atoms with Crippen LogP contribution < -0.4 is 10.6 Å². The number of allylic oxidation sites excluding steroid dienone is 1. The Balaban J connectivity index is 2.28. The Morgan fingerprint density at radius 1 is 1.44 bits per heavy atom. The number of nitrogens with one attached hydrogen (secondary N) is 2. The molecule has 0 aromatic carbocycles. The predicted octanol–water partition coefficient (Wildman–Crippen LogP) is 0.609. The molecule has 0 saturated heterocycles. The Kier molecular flexibility index (Phi) is 1.16. The maximum atomic E-state index is 3.24. The van der Waals surface area contributed by atoms with Crippen molar-refractivity contribution in [3.05, 3.63) is 22.9 Å². The highest BCUT2D eigenvalue weighted by Crippen LogP contribution is 2.25. The van der Waals surface area contributed by atoms with Crippen molar-refractivity contribution in [1.29, 1.82) is 0 Å². The molecule has 0 bridgehead atoms. The SMILES string of the molecule is C1=CC2=C(NC1)NCS2. The fourth-order valence-corrected chi connectivity index (χ4v) is 1.81. The van der Waals surface area contributed by atoms with Crippen molar-refractivity contribution in [3.63, 3.8) is 0 Å². The third kappa shape index (κ3) is 0.812. The van der Waals surface area contributed by atoms with E-state index in [0.29, 0.717) is 0 Å². The fraction of sp³-hybridized carbons (Fsp3) is 0.333. The summed E-state index contributed by atoms with van der Waals surface area (Å²) in [6.07, 6.45) is 4.30. The van der Waals surface area contributed by atoms with Crippen LogP contribution in [0.4, 0.5) is 0 Å². The quantitative estimate of drug-likeness (QED) is 0.515. The lowest BCUT2D eigenvalue weighted by Crippen LogP contribution is -2.24. The van der Waals surface area contributed by atoms with Crippen molar-refractivity contribution in [1.82, 2.24) is 10.6 Å². The van der Waals surface area contributed by atoms with Gasteiger partial charge in [-0.1, -0.05) is 6.08 Å². The molecule has 0 saturated carbocycles. The van der Waals surface area contributed by atoms with Gasteiger partial charge in [-0.25, -0.2) is 0 Å². The molecule has 3 heteroatoms. The molecule has 9 heavy (non-hydrogen) atoms. The van der Waals surface area contributed by atoms with E-state index >= 15 is 0 Å². The zero-order valence-electron chi connectivity index (χ0n) is 4.98. The molecule has 2 nitrogen and oxygen atoms in total. The maximum absolute atomic E-state index is 3.24. The van der Waals surface area contributed by atoms with Gasteiger partial charge in [0.15, 0.2) is 0 Å². The average molecular weight is 140 g/mol. The summed E-state index contributed by atoms with van der Waals surface area (Å²) in [6, 6.07) is 0. The zero-order valence-corrected chi connectivity index (χ0v) is 5.79. The molecule has 0 radical (unpaired) electrons. The van der Waals surface area contributed by atoms with E-state index in [1.807, 2.05) is 11.8 Å². The largest absolute Gasteiger partial charge is 0.367 e. The Hall–Kier alpha value is -0.570. The van der Waals surface area contributed by atoms with Crippen molar-refractivity contribution >= 4 is 11.8 Å². The maximum Gasteiger partial charge on any atom is 0.114 e. The standard InChI is InChI=1S/C6H8N2S/c1-2-5-6(7-3-1)8-4-9-5/h1-2,7-8H,3-4H2. The summed E-state index contributed by atoms with van der Waals surface area (Å²) in [5, 5.41) is 6.48. The lowest BCUT2D eigenvalue weighted by atomic mass is 10.4. The third-order valence-corrected chi connectivity index (χ3v) is 2.33. The van der Waals surface area contributed by atoms with Crippen molar-refractivity contribution < 1.29 is 0 Å². The van der Waals surface area contributed by atoms with Crippen LogP contribution in [0, 0.1) is 0 Å². The van der Waals surface area contributed by atoms with Gasteiger partial charge in [0, 0.05) is 11.4 Å². The molecule has 0 aromatic heterocycles. The van der Waals surface area contributed by atoms with Gasteiger partial charge in [0.25, 0.3) is 0 Å². The number of hydrogen-bond donors (Lipinski definition) is 2. The van der Waals surface area contributed by atoms with Crippen LogP contribution in [0.3, 0.4) is 0 Å². The molecular weight excluding hydrogens is 132 g/mol. The van der Waals surface area contributed by atoms with E-state index in [4.69, 9.17) is 0 Å². The summed E-state index contributed by atoms with van der Waals surface area (Å²) in [6.45, 7) is 0.965. The van der Waals surface area contributed by atoms with Gasteiger partial charge in [0.05, 0.1) is 5.88 Å². The van der Waals surface area contributed by atoms with Crippen LogP contribution in [0.5, 0.6) is 0 Å². The molecular formula is C6H8N2S. The predicted molar refractivity (Wildman–Crippen MR) is 39.8 cm³/mol. The average Bonchev–Trinajstić information content (AvgIpc) is 2.33. The number of rotatable bonds is 0. The van der Waals surface area contributed by atoms with Crippen LogP contribution in [0.2, 0.25) is 0 Å². The molecule has 0 unspecified atom stereocenters. The fourth-order valence-electron chi connectivity index (χ4n) is 0.953. The number of dihydropyridines is 1. The van der Waals surface area contributed by atoms with E-state index in [1.54, 1.807) is 0 Å². The van der Waals surface area contributed by atoms with Gasteiger partial charge >= 0.3 is 0 Å². The molecule has 48 valence electrons. The molecule has 2 N–H and O–H groups in total. The van der Waals surface area contributed by atoms with Gasteiger partial charge in [0.2, 0.25) is 0 Å². The highest BCUT2D eigenvalue weighted by atomic mass is 32.2. The summed E-state index contributed by atoms with van der Waals surface area (Å²) < 4.78 is 0. The topological polar surface area (TPSA) is 24.1 Å². The second-order valence-electron chi connectivity index (χ2n) is 1.99. The Labute approximate surface area is 58.4 Å². The van der Waals surface area contributed by atoms with E-state index in [-0.39, 0.29) is 0 Å². The second-order valence-corrected chi connectivity index (χ2v) is 3.01. The van der Waals surface area contributed by atoms with Gasteiger partial charge in [0.1, 0.15) is 5.82 Å². The molecule has 0 amide bonds. The van der Waals surface area contributed by atoms with Crippen molar-refractivity contribution in [2.45, 2.75) is 0 Å². The molecule has 2 aliphatic heterocycles. The summed E-state index contributed by atoms with van der Waals surface area (Å²) in [7, 11) is 0.